The van der Waals surface area contributed by atoms with Gasteiger partial charge in [-0.1, -0.05) is 249 Å². The van der Waals surface area contributed by atoms with Crippen molar-refractivity contribution < 1.29 is 0 Å². The summed E-state index contributed by atoms with van der Waals surface area (Å²) < 4.78 is 0. The van der Waals surface area contributed by atoms with Crippen molar-refractivity contribution in [1.82, 2.24) is 0 Å². The lowest BCUT2D eigenvalue weighted by molar-refractivity contribution is 0.465. The summed E-state index contributed by atoms with van der Waals surface area (Å²) in [7, 11) is 0. The van der Waals surface area contributed by atoms with E-state index in [9.17, 15) is 0 Å². The molecule has 2 heterocycles. The van der Waals surface area contributed by atoms with Crippen molar-refractivity contribution in [2.45, 2.75) is 60.7 Å². The number of rotatable bonds is 3. The van der Waals surface area contributed by atoms with Crippen LogP contribution in [0.3, 0.4) is 0 Å². The Morgan fingerprint density at radius 2 is 0.802 bits per heavy atom. The fourth-order valence-corrected chi connectivity index (χ4v) is 20.2. The maximum Gasteiger partial charge on any atom is 0.0754 e. The van der Waals surface area contributed by atoms with Crippen LogP contribution < -0.4 is 9.80 Å². The Labute approximate surface area is 531 Å². The third-order valence-corrected chi connectivity index (χ3v) is 23.2. The number of para-hydroxylation sites is 3. The van der Waals surface area contributed by atoms with Crippen LogP contribution in [-0.2, 0) is 16.2 Å². The normalized spacial score (nSPS) is 21.2. The average molecular weight is 1160 g/mol. The topological polar surface area (TPSA) is 6.48 Å². The van der Waals surface area contributed by atoms with Gasteiger partial charge in [0.25, 0.3) is 0 Å². The second-order valence-electron chi connectivity index (χ2n) is 26.8. The van der Waals surface area contributed by atoms with E-state index in [1.807, 2.05) is 0 Å². The Bertz CT molecular complexity index is 5270. The Morgan fingerprint density at radius 3 is 1.45 bits per heavy atom. The highest BCUT2D eigenvalue weighted by atomic mass is 15.2. The fourth-order valence-electron chi connectivity index (χ4n) is 20.2. The van der Waals surface area contributed by atoms with Crippen molar-refractivity contribution in [1.29, 1.82) is 0 Å². The van der Waals surface area contributed by atoms with Crippen molar-refractivity contribution in [3.63, 3.8) is 0 Å². The van der Waals surface area contributed by atoms with Crippen LogP contribution in [-0.4, -0.2) is 0 Å². The van der Waals surface area contributed by atoms with E-state index in [1.54, 1.807) is 16.7 Å². The summed E-state index contributed by atoms with van der Waals surface area (Å²) in [4.78, 5) is 5.35. The molecule has 3 spiro atoms. The van der Waals surface area contributed by atoms with E-state index in [0.29, 0.717) is 0 Å². The molecule has 11 aromatic carbocycles. The van der Waals surface area contributed by atoms with Gasteiger partial charge in [-0.05, 0) is 203 Å². The summed E-state index contributed by atoms with van der Waals surface area (Å²) in [6.07, 6.45) is 31.0. The molecule has 0 amide bonds. The molecule has 21 rings (SSSR count). The molecule has 0 bridgehead atoms. The molecule has 0 saturated heterocycles. The van der Waals surface area contributed by atoms with Crippen molar-refractivity contribution in [2.75, 3.05) is 9.80 Å². The summed E-state index contributed by atoms with van der Waals surface area (Å²) in [6.45, 7) is 0. The van der Waals surface area contributed by atoms with Crippen LogP contribution in [0.1, 0.15) is 94.5 Å². The van der Waals surface area contributed by atoms with Crippen molar-refractivity contribution in [2.24, 2.45) is 5.92 Å². The highest BCUT2D eigenvalue weighted by Gasteiger charge is 2.59. The average Bonchev–Trinajstić information content (AvgIpc) is 1.62. The van der Waals surface area contributed by atoms with Gasteiger partial charge in [0.1, 0.15) is 0 Å². The van der Waals surface area contributed by atoms with E-state index in [0.717, 1.165) is 38.5 Å². The molecule has 3 unspecified atom stereocenters. The molecule has 0 N–H and O–H groups in total. The van der Waals surface area contributed by atoms with Gasteiger partial charge in [-0.15, -0.1) is 0 Å². The minimum Gasteiger partial charge on any atom is -0.310 e. The SMILES string of the molecule is C1=CC2c3c(-c4c5cccc(N6C7=C(CCC=C7)C7(C8=C(CCC=C8)C8=C7CCC=C8)c7ccccc76)c5cc5c(N6c7ccccc7C7(c8ccccc8-c8ccccc87)c7ccccc76)cccc45)cccc3C3(c4ccccc4-c4ccccc43)C2C=C1. The molecule has 10 aliphatic rings. The first-order valence-electron chi connectivity index (χ1n) is 33.2. The molecule has 2 heteroatoms. The van der Waals surface area contributed by atoms with Gasteiger partial charge in [0.15, 0.2) is 0 Å². The van der Waals surface area contributed by atoms with Gasteiger partial charge in [0, 0.05) is 28.3 Å². The van der Waals surface area contributed by atoms with Gasteiger partial charge in [0.2, 0.25) is 0 Å². The molecular formula is C89H62N2. The number of anilines is 5. The van der Waals surface area contributed by atoms with Crippen LogP contribution in [0.2, 0.25) is 0 Å². The third-order valence-electron chi connectivity index (χ3n) is 23.2. The molecule has 3 atom stereocenters. The van der Waals surface area contributed by atoms with Crippen LogP contribution in [0.25, 0.3) is 54.9 Å². The van der Waals surface area contributed by atoms with Crippen molar-refractivity contribution in [3.05, 3.63) is 375 Å². The third kappa shape index (κ3) is 6.06. The first-order valence-corrected chi connectivity index (χ1v) is 33.2. The van der Waals surface area contributed by atoms with E-state index < -0.39 is 5.41 Å². The largest absolute Gasteiger partial charge is 0.310 e. The Kier molecular flexibility index (Phi) is 10.1. The lowest BCUT2D eigenvalue weighted by Crippen LogP contribution is -2.41. The van der Waals surface area contributed by atoms with E-state index in [1.165, 1.54) is 150 Å². The fraction of sp³-hybridized carbons (Fsp3) is 0.124. The molecule has 91 heavy (non-hydrogen) atoms. The smallest absolute Gasteiger partial charge is 0.0754 e. The first kappa shape index (κ1) is 50.3. The zero-order valence-corrected chi connectivity index (χ0v) is 50.5. The molecule has 0 fully saturated rings. The van der Waals surface area contributed by atoms with E-state index in [4.69, 9.17) is 0 Å². The molecule has 428 valence electrons. The summed E-state index contributed by atoms with van der Waals surface area (Å²) in [5.74, 6) is 0.297. The van der Waals surface area contributed by atoms with Crippen molar-refractivity contribution >= 4 is 50.0 Å². The molecule has 2 aliphatic heterocycles. The van der Waals surface area contributed by atoms with E-state index in [-0.39, 0.29) is 22.7 Å². The molecule has 0 radical (unpaired) electrons. The zero-order valence-electron chi connectivity index (χ0n) is 50.5. The van der Waals surface area contributed by atoms with E-state index in [2.05, 4.69) is 301 Å². The maximum atomic E-state index is 2.71. The van der Waals surface area contributed by atoms with Crippen molar-refractivity contribution in [3.8, 4) is 33.4 Å². The minimum atomic E-state index is -0.533. The standard InChI is InChI=1S/C89H62N2/c1-8-36-67-55(26-1)56-27-2-9-37-68(56)87(67)73-42-14-7-32-63(73)86-64(35-23-47-78(86)87)85-61-33-24-52-79(90-81-48-19-15-43-74(81)88(75-44-16-20-49-82(75)90)69-38-10-3-28-57(69)58-29-4-11-39-70(58)88)65(61)54-66-62(85)34-25-53-80(66)91-83-50-21-17-45-76(83)89(77-46-18-22-51-84(77)91)71-40-12-5-30-59(71)60-31-6-13-41-72(60)89/h1-5,7-11,13-17,19-30,32-39,41-45,47-54,63,73H,6,12,18,31,40,46H2. The number of benzene rings is 11. The molecular weight excluding hydrogens is 1100 g/mol. The number of fused-ring (bicyclic) bond motifs is 27. The molecule has 0 saturated carbocycles. The lowest BCUT2D eigenvalue weighted by Gasteiger charge is -2.49. The van der Waals surface area contributed by atoms with Crippen LogP contribution >= 0.6 is 0 Å². The van der Waals surface area contributed by atoms with E-state index >= 15 is 0 Å². The first-order chi connectivity index (χ1) is 45.2. The second-order valence-corrected chi connectivity index (χ2v) is 26.8. The van der Waals surface area contributed by atoms with Crippen LogP contribution in [0.4, 0.5) is 28.4 Å². The van der Waals surface area contributed by atoms with Crippen LogP contribution in [0.5, 0.6) is 0 Å². The Balaban J connectivity index is 0.879. The van der Waals surface area contributed by atoms with Gasteiger partial charge in [-0.3, -0.25) is 0 Å². The zero-order chi connectivity index (χ0) is 59.3. The van der Waals surface area contributed by atoms with Gasteiger partial charge >= 0.3 is 0 Å². The summed E-state index contributed by atoms with van der Waals surface area (Å²) >= 11 is 0. The minimum absolute atomic E-state index is 0.125. The molecule has 0 aromatic heterocycles. The Hall–Kier alpha value is -10.5. The Morgan fingerprint density at radius 1 is 0.341 bits per heavy atom. The highest BCUT2D eigenvalue weighted by Crippen LogP contribution is 2.70. The number of hydrogen-bond acceptors (Lipinski definition) is 2. The predicted molar refractivity (Wildman–Crippen MR) is 375 cm³/mol. The summed E-state index contributed by atoms with van der Waals surface area (Å²) in [6, 6.07) is 89.7. The number of allylic oxidation sites excluding steroid dienone is 15. The highest BCUT2D eigenvalue weighted by molar-refractivity contribution is 6.21. The predicted octanol–water partition coefficient (Wildman–Crippen LogP) is 22.3. The van der Waals surface area contributed by atoms with Crippen LogP contribution in [0, 0.1) is 5.92 Å². The van der Waals surface area contributed by atoms with Crippen LogP contribution in [0.15, 0.2) is 325 Å². The number of nitrogens with zero attached hydrogens (tertiary/aromatic N) is 2. The summed E-state index contributed by atoms with van der Waals surface area (Å²) in [5, 5.41) is 4.97. The summed E-state index contributed by atoms with van der Waals surface area (Å²) in [5.41, 5.74) is 34.1. The van der Waals surface area contributed by atoms with Gasteiger partial charge in [-0.25, -0.2) is 0 Å². The quantitative estimate of drug-likeness (QED) is 0.163. The molecule has 2 nitrogen and oxygen atoms in total. The van der Waals surface area contributed by atoms with Gasteiger partial charge < -0.3 is 9.80 Å². The van der Waals surface area contributed by atoms with Gasteiger partial charge in [-0.2, -0.15) is 0 Å². The maximum absolute atomic E-state index is 2.71. The monoisotopic (exact) mass is 1160 g/mol. The van der Waals surface area contributed by atoms with Gasteiger partial charge in [0.05, 0.1) is 44.7 Å². The lowest BCUT2D eigenvalue weighted by atomic mass is 9.59. The molecule has 8 aliphatic carbocycles. The second kappa shape index (κ2) is 18.3. The number of hydrogen-bond donors (Lipinski definition) is 0. The molecule has 11 aromatic rings.